The molecule has 2 atom stereocenters. The van der Waals surface area contributed by atoms with Crippen LogP contribution in [0.15, 0.2) is 12.7 Å². The van der Waals surface area contributed by atoms with Gasteiger partial charge in [-0.3, -0.25) is 4.79 Å². The van der Waals surface area contributed by atoms with E-state index in [1.807, 2.05) is 6.08 Å². The summed E-state index contributed by atoms with van der Waals surface area (Å²) in [6, 6.07) is 0.400. The largest absolute Gasteiger partial charge is 0.370 e. The lowest BCUT2D eigenvalue weighted by atomic mass is 10.00. The van der Waals surface area contributed by atoms with Gasteiger partial charge in [0.2, 0.25) is 5.91 Å². The van der Waals surface area contributed by atoms with E-state index in [1.165, 1.54) is 0 Å². The van der Waals surface area contributed by atoms with Gasteiger partial charge in [-0.2, -0.15) is 0 Å². The van der Waals surface area contributed by atoms with Crippen molar-refractivity contribution in [3.63, 3.8) is 0 Å². The molecule has 0 aromatic carbocycles. The van der Waals surface area contributed by atoms with Gasteiger partial charge < -0.3 is 11.1 Å². The maximum Gasteiger partial charge on any atom is 0.218 e. The summed E-state index contributed by atoms with van der Waals surface area (Å²) in [6.07, 6.45) is 3.31. The van der Waals surface area contributed by atoms with Gasteiger partial charge in [-0.1, -0.05) is 13.0 Å². The molecule has 13 heavy (non-hydrogen) atoms. The summed E-state index contributed by atoms with van der Waals surface area (Å²) >= 11 is 0. The van der Waals surface area contributed by atoms with Gasteiger partial charge in [-0.15, -0.1) is 6.58 Å². The zero-order valence-corrected chi connectivity index (χ0v) is 8.55. The maximum absolute atomic E-state index is 10.4. The first kappa shape index (κ1) is 12.2. The van der Waals surface area contributed by atoms with E-state index in [4.69, 9.17) is 5.73 Å². The third kappa shape index (κ3) is 6.34. The second-order valence-corrected chi connectivity index (χ2v) is 3.46. The van der Waals surface area contributed by atoms with Crippen molar-refractivity contribution in [1.29, 1.82) is 0 Å². The van der Waals surface area contributed by atoms with E-state index in [-0.39, 0.29) is 5.91 Å². The van der Waals surface area contributed by atoms with Gasteiger partial charge in [0.15, 0.2) is 0 Å². The highest BCUT2D eigenvalue weighted by Crippen LogP contribution is 2.07. The molecule has 3 heteroatoms. The zero-order chi connectivity index (χ0) is 10.3. The van der Waals surface area contributed by atoms with Crippen molar-refractivity contribution in [2.75, 3.05) is 6.54 Å². The van der Waals surface area contributed by atoms with Gasteiger partial charge in [0.25, 0.3) is 0 Å². The summed E-state index contributed by atoms with van der Waals surface area (Å²) in [6.45, 7) is 8.62. The minimum Gasteiger partial charge on any atom is -0.370 e. The number of primary amides is 1. The van der Waals surface area contributed by atoms with E-state index < -0.39 is 0 Å². The highest BCUT2D eigenvalue weighted by Gasteiger charge is 2.09. The Kier molecular flexibility index (Phi) is 6.24. The molecule has 0 aromatic rings. The first-order valence-corrected chi connectivity index (χ1v) is 4.70. The average molecular weight is 184 g/mol. The molecule has 0 saturated heterocycles. The number of nitrogens with two attached hydrogens (primary N) is 1. The number of carbonyl (C=O) groups is 1. The van der Waals surface area contributed by atoms with Crippen LogP contribution in [0.5, 0.6) is 0 Å². The minimum atomic E-state index is -0.254. The van der Waals surface area contributed by atoms with E-state index in [9.17, 15) is 4.79 Å². The van der Waals surface area contributed by atoms with E-state index >= 15 is 0 Å². The van der Waals surface area contributed by atoms with Crippen LogP contribution in [0.2, 0.25) is 0 Å². The molecule has 0 fully saturated rings. The monoisotopic (exact) mass is 184 g/mol. The van der Waals surface area contributed by atoms with Crippen molar-refractivity contribution in [3.05, 3.63) is 12.7 Å². The van der Waals surface area contributed by atoms with Crippen LogP contribution in [0.1, 0.15) is 26.7 Å². The fraction of sp³-hybridized carbons (Fsp3) is 0.700. The Bertz CT molecular complexity index is 168. The molecule has 0 aliphatic heterocycles. The highest BCUT2D eigenvalue weighted by atomic mass is 16.1. The molecule has 1 amide bonds. The fourth-order valence-corrected chi connectivity index (χ4v) is 1.09. The Hall–Kier alpha value is -0.830. The number of nitrogens with one attached hydrogen (secondary N) is 1. The second-order valence-electron chi connectivity index (χ2n) is 3.46. The van der Waals surface area contributed by atoms with Crippen LogP contribution in [0.25, 0.3) is 0 Å². The van der Waals surface area contributed by atoms with Crippen LogP contribution in [0.3, 0.4) is 0 Å². The third-order valence-corrected chi connectivity index (χ3v) is 2.23. The van der Waals surface area contributed by atoms with E-state index in [2.05, 4.69) is 25.7 Å². The zero-order valence-electron chi connectivity index (χ0n) is 8.55. The van der Waals surface area contributed by atoms with E-state index in [0.29, 0.717) is 24.9 Å². The summed E-state index contributed by atoms with van der Waals surface area (Å²) in [7, 11) is 0. The molecule has 0 bridgehead atoms. The molecule has 0 radical (unpaired) electrons. The van der Waals surface area contributed by atoms with E-state index in [1.54, 1.807) is 0 Å². The summed E-state index contributed by atoms with van der Waals surface area (Å²) < 4.78 is 0. The number of hydrogen-bond donors (Lipinski definition) is 2. The lowest BCUT2D eigenvalue weighted by molar-refractivity contribution is -0.117. The molecule has 0 aliphatic rings. The Labute approximate surface area is 80.4 Å². The SMILES string of the molecule is C=CCC(C)C(C)NCCC(N)=O. The van der Waals surface area contributed by atoms with Gasteiger partial charge >= 0.3 is 0 Å². The molecule has 0 saturated carbocycles. The molecule has 0 heterocycles. The predicted octanol–water partition coefficient (Wildman–Crippen LogP) is 1.05. The predicted molar refractivity (Wildman–Crippen MR) is 55.3 cm³/mol. The number of amides is 1. The van der Waals surface area contributed by atoms with Crippen molar-refractivity contribution in [3.8, 4) is 0 Å². The molecule has 0 aromatic heterocycles. The van der Waals surface area contributed by atoms with Crippen LogP contribution in [0, 0.1) is 5.92 Å². The molecular weight excluding hydrogens is 164 g/mol. The summed E-state index contributed by atoms with van der Waals surface area (Å²) in [5.74, 6) is 0.293. The topological polar surface area (TPSA) is 55.1 Å². The number of allylic oxidation sites excluding steroid dienone is 1. The first-order chi connectivity index (χ1) is 6.07. The normalized spacial score (nSPS) is 14.9. The highest BCUT2D eigenvalue weighted by molar-refractivity contribution is 5.73. The van der Waals surface area contributed by atoms with Crippen molar-refractivity contribution in [1.82, 2.24) is 5.32 Å². The smallest absolute Gasteiger partial charge is 0.218 e. The van der Waals surface area contributed by atoms with Gasteiger partial charge in [-0.25, -0.2) is 0 Å². The quantitative estimate of drug-likeness (QED) is 0.581. The summed E-state index contributed by atoms with van der Waals surface area (Å²) in [5.41, 5.74) is 5.02. The third-order valence-electron chi connectivity index (χ3n) is 2.23. The Morgan fingerprint density at radius 2 is 2.23 bits per heavy atom. The van der Waals surface area contributed by atoms with Crippen molar-refractivity contribution < 1.29 is 4.79 Å². The molecule has 76 valence electrons. The van der Waals surface area contributed by atoms with Crippen molar-refractivity contribution >= 4 is 5.91 Å². The van der Waals surface area contributed by atoms with Crippen LogP contribution >= 0.6 is 0 Å². The van der Waals surface area contributed by atoms with Crippen LogP contribution in [-0.4, -0.2) is 18.5 Å². The number of hydrogen-bond acceptors (Lipinski definition) is 2. The van der Waals surface area contributed by atoms with Gasteiger partial charge in [-0.05, 0) is 19.3 Å². The molecule has 0 aliphatic carbocycles. The molecule has 2 unspecified atom stereocenters. The van der Waals surface area contributed by atoms with Gasteiger partial charge in [0, 0.05) is 19.0 Å². The van der Waals surface area contributed by atoms with Crippen molar-refractivity contribution in [2.24, 2.45) is 11.7 Å². The lowest BCUT2D eigenvalue weighted by Crippen LogP contribution is -2.34. The minimum absolute atomic E-state index is 0.254. The standard InChI is InChI=1S/C10H20N2O/c1-4-5-8(2)9(3)12-7-6-10(11)13/h4,8-9,12H,1,5-7H2,2-3H3,(H2,11,13). The molecule has 3 N–H and O–H groups in total. The lowest BCUT2D eigenvalue weighted by Gasteiger charge is -2.19. The summed E-state index contributed by atoms with van der Waals surface area (Å²) in [5, 5.41) is 3.25. The van der Waals surface area contributed by atoms with Crippen LogP contribution < -0.4 is 11.1 Å². The molecule has 0 spiro atoms. The van der Waals surface area contributed by atoms with Crippen LogP contribution in [0.4, 0.5) is 0 Å². The fourth-order valence-electron chi connectivity index (χ4n) is 1.09. The van der Waals surface area contributed by atoms with Gasteiger partial charge in [0.05, 0.1) is 0 Å². The van der Waals surface area contributed by atoms with Gasteiger partial charge in [0.1, 0.15) is 0 Å². The maximum atomic E-state index is 10.4. The van der Waals surface area contributed by atoms with E-state index in [0.717, 1.165) is 6.42 Å². The van der Waals surface area contributed by atoms with Crippen LogP contribution in [-0.2, 0) is 4.79 Å². The Morgan fingerprint density at radius 1 is 1.62 bits per heavy atom. The molecule has 0 rings (SSSR count). The first-order valence-electron chi connectivity index (χ1n) is 4.70. The molecule has 3 nitrogen and oxygen atoms in total. The number of rotatable bonds is 7. The Balaban J connectivity index is 3.54. The summed E-state index contributed by atoms with van der Waals surface area (Å²) in [4.78, 5) is 10.4. The number of carbonyl (C=O) groups excluding carboxylic acids is 1. The molecular formula is C10H20N2O. The van der Waals surface area contributed by atoms with Crippen molar-refractivity contribution in [2.45, 2.75) is 32.7 Å². The second kappa shape index (κ2) is 6.66. The average Bonchev–Trinajstić information content (AvgIpc) is 2.04. The Morgan fingerprint density at radius 3 is 2.69 bits per heavy atom.